The average Bonchev–Trinajstić information content (AvgIpc) is 3.13. The van der Waals surface area contributed by atoms with Crippen molar-refractivity contribution in [1.82, 2.24) is 9.97 Å². The molecule has 2 rings (SSSR count). The molecule has 0 saturated heterocycles. The minimum atomic E-state index is 0.624. The Morgan fingerprint density at radius 1 is 1.29 bits per heavy atom. The standard InChI is InChI=1S/C13H20ClN3/c1-3-5-11-12(14)15-9-16-13(11)17(8-4-2)10-6-7-10/h9-10H,3-8H2,1-2H3. The van der Waals surface area contributed by atoms with Crippen molar-refractivity contribution in [2.45, 2.75) is 52.0 Å². The van der Waals surface area contributed by atoms with Gasteiger partial charge in [0.15, 0.2) is 0 Å². The Morgan fingerprint density at radius 2 is 2.06 bits per heavy atom. The zero-order chi connectivity index (χ0) is 12.3. The highest BCUT2D eigenvalue weighted by atomic mass is 35.5. The Hall–Kier alpha value is -0.830. The Labute approximate surface area is 108 Å². The van der Waals surface area contributed by atoms with Gasteiger partial charge in [0.2, 0.25) is 0 Å². The molecule has 0 aliphatic heterocycles. The first-order chi connectivity index (χ1) is 8.27. The molecule has 4 heteroatoms. The Bertz CT molecular complexity index is 377. The van der Waals surface area contributed by atoms with Crippen LogP contribution in [0.4, 0.5) is 5.82 Å². The molecule has 3 nitrogen and oxygen atoms in total. The van der Waals surface area contributed by atoms with Crippen LogP contribution in [0.3, 0.4) is 0 Å². The molecule has 0 amide bonds. The van der Waals surface area contributed by atoms with Gasteiger partial charge < -0.3 is 4.90 Å². The summed E-state index contributed by atoms with van der Waals surface area (Å²) in [5, 5.41) is 0.624. The summed E-state index contributed by atoms with van der Waals surface area (Å²) < 4.78 is 0. The van der Waals surface area contributed by atoms with Crippen LogP contribution in [0.25, 0.3) is 0 Å². The van der Waals surface area contributed by atoms with E-state index in [-0.39, 0.29) is 0 Å². The lowest BCUT2D eigenvalue weighted by atomic mass is 10.1. The van der Waals surface area contributed by atoms with E-state index in [1.807, 2.05) is 0 Å². The SMILES string of the molecule is CCCc1c(Cl)ncnc1N(CCC)C1CC1. The van der Waals surface area contributed by atoms with E-state index >= 15 is 0 Å². The first-order valence-corrected chi connectivity index (χ1v) is 6.91. The molecule has 0 radical (unpaired) electrons. The van der Waals surface area contributed by atoms with Gasteiger partial charge in [0.1, 0.15) is 17.3 Å². The zero-order valence-corrected chi connectivity index (χ0v) is 11.4. The quantitative estimate of drug-likeness (QED) is 0.727. The molecule has 0 unspecified atom stereocenters. The molecule has 1 aromatic rings. The summed E-state index contributed by atoms with van der Waals surface area (Å²) in [6.07, 6.45) is 7.33. The molecule has 0 spiro atoms. The van der Waals surface area contributed by atoms with Gasteiger partial charge in [0, 0.05) is 18.2 Å². The highest BCUT2D eigenvalue weighted by molar-refractivity contribution is 6.30. The second kappa shape index (κ2) is 5.67. The van der Waals surface area contributed by atoms with Gasteiger partial charge in [0.05, 0.1) is 0 Å². The molecule has 1 saturated carbocycles. The average molecular weight is 254 g/mol. The number of hydrogen-bond acceptors (Lipinski definition) is 3. The van der Waals surface area contributed by atoms with Crippen LogP contribution in [-0.2, 0) is 6.42 Å². The molecule has 1 aliphatic rings. The summed E-state index contributed by atoms with van der Waals surface area (Å²) >= 11 is 6.20. The van der Waals surface area contributed by atoms with Crippen molar-refractivity contribution in [3.05, 3.63) is 17.0 Å². The summed E-state index contributed by atoms with van der Waals surface area (Å²) in [6.45, 7) is 5.43. The van der Waals surface area contributed by atoms with Crippen LogP contribution in [0.1, 0.15) is 45.1 Å². The Kier molecular flexibility index (Phi) is 4.21. The monoisotopic (exact) mass is 253 g/mol. The number of hydrogen-bond donors (Lipinski definition) is 0. The number of aromatic nitrogens is 2. The maximum Gasteiger partial charge on any atom is 0.137 e. The van der Waals surface area contributed by atoms with Gasteiger partial charge in [-0.05, 0) is 25.7 Å². The largest absolute Gasteiger partial charge is 0.353 e. The zero-order valence-electron chi connectivity index (χ0n) is 10.6. The van der Waals surface area contributed by atoms with Crippen molar-refractivity contribution < 1.29 is 0 Å². The third-order valence-corrected chi connectivity index (χ3v) is 3.42. The maximum absolute atomic E-state index is 6.20. The number of anilines is 1. The fourth-order valence-corrected chi connectivity index (χ4v) is 2.41. The number of halogens is 1. The van der Waals surface area contributed by atoms with Gasteiger partial charge in [0.25, 0.3) is 0 Å². The van der Waals surface area contributed by atoms with E-state index in [9.17, 15) is 0 Å². The van der Waals surface area contributed by atoms with E-state index in [0.717, 1.165) is 37.2 Å². The molecular weight excluding hydrogens is 234 g/mol. The van der Waals surface area contributed by atoms with Gasteiger partial charge in [-0.1, -0.05) is 31.9 Å². The molecule has 1 aromatic heterocycles. The molecular formula is C13H20ClN3. The summed E-state index contributed by atoms with van der Waals surface area (Å²) in [4.78, 5) is 11.0. The van der Waals surface area contributed by atoms with Crippen molar-refractivity contribution in [3.63, 3.8) is 0 Å². The van der Waals surface area contributed by atoms with E-state index in [4.69, 9.17) is 11.6 Å². The van der Waals surface area contributed by atoms with Gasteiger partial charge in [-0.2, -0.15) is 0 Å². The van der Waals surface area contributed by atoms with Crippen molar-refractivity contribution >= 4 is 17.4 Å². The highest BCUT2D eigenvalue weighted by Gasteiger charge is 2.31. The van der Waals surface area contributed by atoms with E-state index in [0.29, 0.717) is 11.2 Å². The van der Waals surface area contributed by atoms with Gasteiger partial charge in [-0.3, -0.25) is 0 Å². The lowest BCUT2D eigenvalue weighted by molar-refractivity contribution is 0.737. The van der Waals surface area contributed by atoms with E-state index in [1.165, 1.54) is 12.8 Å². The summed E-state index contributed by atoms with van der Waals surface area (Å²) in [6, 6.07) is 0.677. The lowest BCUT2D eigenvalue weighted by Gasteiger charge is -2.25. The minimum absolute atomic E-state index is 0.624. The number of nitrogens with zero attached hydrogens (tertiary/aromatic N) is 3. The molecule has 0 aromatic carbocycles. The summed E-state index contributed by atoms with van der Waals surface area (Å²) in [5.41, 5.74) is 1.12. The van der Waals surface area contributed by atoms with Crippen LogP contribution < -0.4 is 4.90 Å². The summed E-state index contributed by atoms with van der Waals surface area (Å²) in [5.74, 6) is 1.07. The molecule has 0 atom stereocenters. The highest BCUT2D eigenvalue weighted by Crippen LogP contribution is 2.34. The van der Waals surface area contributed by atoms with Gasteiger partial charge in [-0.25, -0.2) is 9.97 Å². The van der Waals surface area contributed by atoms with Crippen molar-refractivity contribution in [2.24, 2.45) is 0 Å². The molecule has 1 aliphatic carbocycles. The molecule has 1 heterocycles. The van der Waals surface area contributed by atoms with Gasteiger partial charge >= 0.3 is 0 Å². The first kappa shape index (κ1) is 12.6. The van der Waals surface area contributed by atoms with E-state index in [1.54, 1.807) is 6.33 Å². The Morgan fingerprint density at radius 3 is 2.65 bits per heavy atom. The van der Waals surface area contributed by atoms with E-state index < -0.39 is 0 Å². The molecule has 17 heavy (non-hydrogen) atoms. The van der Waals surface area contributed by atoms with Crippen LogP contribution in [0.5, 0.6) is 0 Å². The second-order valence-corrected chi connectivity index (χ2v) is 5.00. The van der Waals surface area contributed by atoms with Crippen LogP contribution in [0.15, 0.2) is 6.33 Å². The molecule has 0 N–H and O–H groups in total. The topological polar surface area (TPSA) is 29.0 Å². The van der Waals surface area contributed by atoms with Gasteiger partial charge in [-0.15, -0.1) is 0 Å². The third-order valence-electron chi connectivity index (χ3n) is 3.09. The van der Waals surface area contributed by atoms with Crippen molar-refractivity contribution in [1.29, 1.82) is 0 Å². The van der Waals surface area contributed by atoms with Crippen LogP contribution >= 0.6 is 11.6 Å². The fraction of sp³-hybridized carbons (Fsp3) is 0.692. The predicted molar refractivity (Wildman–Crippen MR) is 71.7 cm³/mol. The number of rotatable bonds is 6. The lowest BCUT2D eigenvalue weighted by Crippen LogP contribution is -2.28. The fourth-order valence-electron chi connectivity index (χ4n) is 2.18. The smallest absolute Gasteiger partial charge is 0.137 e. The predicted octanol–water partition coefficient (Wildman–Crippen LogP) is 3.46. The molecule has 0 bridgehead atoms. The third kappa shape index (κ3) is 2.89. The second-order valence-electron chi connectivity index (χ2n) is 4.64. The molecule has 94 valence electrons. The van der Waals surface area contributed by atoms with Crippen molar-refractivity contribution in [2.75, 3.05) is 11.4 Å². The minimum Gasteiger partial charge on any atom is -0.353 e. The maximum atomic E-state index is 6.20. The molecule has 1 fully saturated rings. The van der Waals surface area contributed by atoms with Crippen LogP contribution in [0.2, 0.25) is 5.15 Å². The van der Waals surface area contributed by atoms with Crippen LogP contribution in [-0.4, -0.2) is 22.6 Å². The van der Waals surface area contributed by atoms with Crippen molar-refractivity contribution in [3.8, 4) is 0 Å². The summed E-state index contributed by atoms with van der Waals surface area (Å²) in [7, 11) is 0. The normalized spacial score (nSPS) is 15.0. The first-order valence-electron chi connectivity index (χ1n) is 6.53. The Balaban J connectivity index is 2.30. The van der Waals surface area contributed by atoms with Crippen LogP contribution in [0, 0.1) is 0 Å². The van der Waals surface area contributed by atoms with E-state index in [2.05, 4.69) is 28.7 Å².